The minimum atomic E-state index is -3.38. The van der Waals surface area contributed by atoms with E-state index < -0.39 is 15.8 Å². The number of carbonyl (C=O) groups is 1. The van der Waals surface area contributed by atoms with Gasteiger partial charge < -0.3 is 10.4 Å². The summed E-state index contributed by atoms with van der Waals surface area (Å²) in [5.74, 6) is -1.17. The van der Waals surface area contributed by atoms with Gasteiger partial charge in [0.05, 0.1) is 21.9 Å². The number of hydrogen-bond donors (Lipinski definition) is 2. The molecule has 0 saturated heterocycles. The van der Waals surface area contributed by atoms with E-state index >= 15 is 0 Å². The van der Waals surface area contributed by atoms with Crippen LogP contribution in [0.15, 0.2) is 21.5 Å². The van der Waals surface area contributed by atoms with Crippen LogP contribution in [0.25, 0.3) is 0 Å². The number of aromatic carboxylic acids is 1. The van der Waals surface area contributed by atoms with E-state index in [2.05, 4.69) is 21.2 Å². The summed E-state index contributed by atoms with van der Waals surface area (Å²) in [5, 5.41) is 11.8. The van der Waals surface area contributed by atoms with E-state index in [-0.39, 0.29) is 28.4 Å². The SMILES string of the molecule is O=C(O)c1cc(Br)cc2c1NCCS2(=O)=O. The number of fused-ring (bicyclic) bond motifs is 1. The molecule has 1 aromatic carbocycles. The predicted octanol–water partition coefficient (Wildman–Crippen LogP) is 1.35. The topological polar surface area (TPSA) is 83.5 Å². The lowest BCUT2D eigenvalue weighted by Gasteiger charge is -2.20. The third-order valence-electron chi connectivity index (χ3n) is 2.30. The van der Waals surface area contributed by atoms with Crippen molar-refractivity contribution in [1.82, 2.24) is 0 Å². The van der Waals surface area contributed by atoms with Crippen molar-refractivity contribution in [3.05, 3.63) is 22.2 Å². The molecule has 5 nitrogen and oxygen atoms in total. The molecule has 0 spiro atoms. The largest absolute Gasteiger partial charge is 0.478 e. The van der Waals surface area contributed by atoms with E-state index in [1.54, 1.807) is 0 Å². The number of benzene rings is 1. The van der Waals surface area contributed by atoms with Gasteiger partial charge in [-0.2, -0.15) is 0 Å². The molecule has 2 rings (SSSR count). The fourth-order valence-corrected chi connectivity index (χ4v) is 3.60. The number of halogens is 1. The van der Waals surface area contributed by atoms with Crippen molar-refractivity contribution in [2.75, 3.05) is 17.6 Å². The van der Waals surface area contributed by atoms with Crippen LogP contribution in [-0.2, 0) is 9.84 Å². The first-order chi connectivity index (χ1) is 7.42. The van der Waals surface area contributed by atoms with E-state index in [4.69, 9.17) is 5.11 Å². The Kier molecular flexibility index (Phi) is 2.67. The van der Waals surface area contributed by atoms with E-state index in [0.717, 1.165) is 0 Å². The lowest BCUT2D eigenvalue weighted by atomic mass is 10.2. The van der Waals surface area contributed by atoms with E-state index in [1.165, 1.54) is 12.1 Å². The second-order valence-electron chi connectivity index (χ2n) is 3.38. The lowest BCUT2D eigenvalue weighted by Crippen LogP contribution is -2.25. The highest BCUT2D eigenvalue weighted by Crippen LogP contribution is 2.33. The molecule has 2 N–H and O–H groups in total. The monoisotopic (exact) mass is 305 g/mol. The summed E-state index contributed by atoms with van der Waals surface area (Å²) in [6.07, 6.45) is 0. The number of hydrogen-bond acceptors (Lipinski definition) is 4. The average Bonchev–Trinajstić information content (AvgIpc) is 2.17. The Morgan fingerprint density at radius 2 is 2.12 bits per heavy atom. The van der Waals surface area contributed by atoms with Crippen LogP contribution in [0.3, 0.4) is 0 Å². The van der Waals surface area contributed by atoms with Gasteiger partial charge >= 0.3 is 5.97 Å². The lowest BCUT2D eigenvalue weighted by molar-refractivity contribution is 0.0697. The number of anilines is 1. The zero-order valence-electron chi connectivity index (χ0n) is 8.03. The zero-order valence-corrected chi connectivity index (χ0v) is 10.4. The quantitative estimate of drug-likeness (QED) is 0.818. The summed E-state index contributed by atoms with van der Waals surface area (Å²) in [6, 6.07) is 2.80. The number of sulfone groups is 1. The zero-order chi connectivity index (χ0) is 11.9. The third-order valence-corrected chi connectivity index (χ3v) is 4.50. The van der Waals surface area contributed by atoms with Gasteiger partial charge in [-0.3, -0.25) is 0 Å². The first-order valence-corrected chi connectivity index (χ1v) is 6.90. The second-order valence-corrected chi connectivity index (χ2v) is 6.37. The molecule has 1 heterocycles. The summed E-state index contributed by atoms with van der Waals surface area (Å²) in [7, 11) is -3.38. The molecule has 0 aromatic heterocycles. The first-order valence-electron chi connectivity index (χ1n) is 4.45. The number of rotatable bonds is 1. The Morgan fingerprint density at radius 3 is 2.75 bits per heavy atom. The van der Waals surface area contributed by atoms with Gasteiger partial charge in [0.2, 0.25) is 0 Å². The molecular formula is C9H8BrNO4S. The molecule has 86 valence electrons. The summed E-state index contributed by atoms with van der Waals surface area (Å²) < 4.78 is 23.9. The molecule has 1 aliphatic rings. The maximum atomic E-state index is 11.7. The molecule has 0 unspecified atom stereocenters. The Morgan fingerprint density at radius 1 is 1.44 bits per heavy atom. The first kappa shape index (κ1) is 11.4. The summed E-state index contributed by atoms with van der Waals surface area (Å²) in [4.78, 5) is 11.0. The smallest absolute Gasteiger partial charge is 0.337 e. The Bertz CT molecular complexity index is 567. The second kappa shape index (κ2) is 3.74. The van der Waals surface area contributed by atoms with Gasteiger partial charge in [0.15, 0.2) is 9.84 Å². The van der Waals surface area contributed by atoms with E-state index in [9.17, 15) is 13.2 Å². The van der Waals surface area contributed by atoms with Crippen LogP contribution in [0.4, 0.5) is 5.69 Å². The van der Waals surface area contributed by atoms with E-state index in [1.807, 2.05) is 0 Å². The fourth-order valence-electron chi connectivity index (χ4n) is 1.60. The van der Waals surface area contributed by atoms with Crippen molar-refractivity contribution in [3.8, 4) is 0 Å². The summed E-state index contributed by atoms with van der Waals surface area (Å²) in [6.45, 7) is 0.233. The van der Waals surface area contributed by atoms with Crippen LogP contribution in [0.1, 0.15) is 10.4 Å². The van der Waals surface area contributed by atoms with Crippen LogP contribution in [-0.4, -0.2) is 31.8 Å². The molecule has 0 bridgehead atoms. The predicted molar refractivity (Wildman–Crippen MR) is 61.6 cm³/mol. The molecule has 0 atom stereocenters. The minimum Gasteiger partial charge on any atom is -0.478 e. The maximum Gasteiger partial charge on any atom is 0.337 e. The van der Waals surface area contributed by atoms with Crippen molar-refractivity contribution in [2.24, 2.45) is 0 Å². The highest BCUT2D eigenvalue weighted by molar-refractivity contribution is 9.10. The van der Waals surface area contributed by atoms with Gasteiger partial charge in [0.25, 0.3) is 0 Å². The van der Waals surface area contributed by atoms with Crippen LogP contribution in [0, 0.1) is 0 Å². The molecule has 0 fully saturated rings. The normalized spacial score (nSPS) is 17.3. The summed E-state index contributed by atoms with van der Waals surface area (Å²) in [5.41, 5.74) is 0.148. The van der Waals surface area contributed by atoms with Crippen molar-refractivity contribution in [3.63, 3.8) is 0 Å². The van der Waals surface area contributed by atoms with Gasteiger partial charge in [-0.05, 0) is 12.1 Å². The molecule has 16 heavy (non-hydrogen) atoms. The number of carboxylic acids is 1. The fraction of sp³-hybridized carbons (Fsp3) is 0.222. The number of nitrogens with one attached hydrogen (secondary N) is 1. The average molecular weight is 306 g/mol. The van der Waals surface area contributed by atoms with Crippen molar-refractivity contribution in [2.45, 2.75) is 4.90 Å². The minimum absolute atomic E-state index is 0.0183. The molecule has 0 amide bonds. The maximum absolute atomic E-state index is 11.7. The van der Waals surface area contributed by atoms with Crippen molar-refractivity contribution < 1.29 is 18.3 Å². The Labute approximate surface area is 101 Å². The molecular weight excluding hydrogens is 298 g/mol. The van der Waals surface area contributed by atoms with Crippen molar-refractivity contribution >= 4 is 37.4 Å². The standard InChI is InChI=1S/C9H8BrNO4S/c10-5-3-6(9(12)13)8-7(4-5)16(14,15)2-1-11-8/h3-4,11H,1-2H2,(H,12,13). The molecule has 0 aliphatic carbocycles. The van der Waals surface area contributed by atoms with Crippen LogP contribution >= 0.6 is 15.9 Å². The molecule has 1 aliphatic heterocycles. The molecule has 1 aromatic rings. The summed E-state index contributed by atoms with van der Waals surface area (Å²) >= 11 is 3.11. The van der Waals surface area contributed by atoms with Gasteiger partial charge in [-0.1, -0.05) is 15.9 Å². The Balaban J connectivity index is 2.79. The van der Waals surface area contributed by atoms with Crippen molar-refractivity contribution in [1.29, 1.82) is 0 Å². The highest BCUT2D eigenvalue weighted by Gasteiger charge is 2.27. The van der Waals surface area contributed by atoms with Crippen LogP contribution < -0.4 is 5.32 Å². The van der Waals surface area contributed by atoms with Gasteiger partial charge in [0.1, 0.15) is 0 Å². The number of carboxylic acid groups (broad SMARTS) is 1. The van der Waals surface area contributed by atoms with E-state index in [0.29, 0.717) is 4.47 Å². The molecule has 0 radical (unpaired) electrons. The van der Waals surface area contributed by atoms with Crippen LogP contribution in [0.2, 0.25) is 0 Å². The van der Waals surface area contributed by atoms with Gasteiger partial charge in [-0.15, -0.1) is 0 Å². The highest BCUT2D eigenvalue weighted by atomic mass is 79.9. The van der Waals surface area contributed by atoms with Gasteiger partial charge in [0, 0.05) is 11.0 Å². The van der Waals surface area contributed by atoms with Crippen LogP contribution in [0.5, 0.6) is 0 Å². The Hall–Kier alpha value is -1.08. The third kappa shape index (κ3) is 1.80. The molecule has 7 heteroatoms. The van der Waals surface area contributed by atoms with Gasteiger partial charge in [-0.25, -0.2) is 13.2 Å². The molecule has 0 saturated carbocycles.